The molecular weight excluding hydrogens is 390 g/mol. The van der Waals surface area contributed by atoms with Gasteiger partial charge in [0, 0.05) is 38.9 Å². The first kappa shape index (κ1) is 22.9. The second kappa shape index (κ2) is 11.0. The van der Waals surface area contributed by atoms with Gasteiger partial charge < -0.3 is 24.6 Å². The molecule has 0 amide bonds. The summed E-state index contributed by atoms with van der Waals surface area (Å²) >= 11 is 0. The van der Waals surface area contributed by atoms with Crippen molar-refractivity contribution in [2.45, 2.75) is 43.9 Å². The number of likely N-dealkylation sites (N-methyl/N-ethyl adjacent to an activating group) is 1. The molecule has 1 aromatic carbocycles. The van der Waals surface area contributed by atoms with Crippen molar-refractivity contribution in [1.29, 1.82) is 0 Å². The second-order valence-corrected chi connectivity index (χ2v) is 8.20. The van der Waals surface area contributed by atoms with E-state index in [1.807, 2.05) is 19.0 Å². The lowest BCUT2D eigenvalue weighted by Crippen LogP contribution is -2.49. The molecule has 2 fully saturated rings. The van der Waals surface area contributed by atoms with E-state index >= 15 is 0 Å². The Balaban J connectivity index is 1.51. The number of halogens is 2. The van der Waals surface area contributed by atoms with Gasteiger partial charge in [-0.15, -0.1) is 0 Å². The third kappa shape index (κ3) is 5.89. The standard InChI is InChI=1S/C22H34F2N4O2/c1-25-22(26-14-20(27(2)3)21-18(23)7-4-8-19(21)24)28-11-9-16(10-12-28)30-15-17-6-5-13-29-17/h4,7-8,16-17,20H,5-6,9-15H2,1-3H3,(H,25,26). The summed E-state index contributed by atoms with van der Waals surface area (Å²) in [7, 11) is 5.37. The lowest BCUT2D eigenvalue weighted by atomic mass is 10.0. The van der Waals surface area contributed by atoms with Gasteiger partial charge in [0.1, 0.15) is 11.6 Å². The maximum atomic E-state index is 14.3. The Bertz CT molecular complexity index is 682. The lowest BCUT2D eigenvalue weighted by Gasteiger charge is -2.35. The van der Waals surface area contributed by atoms with Gasteiger partial charge >= 0.3 is 0 Å². The minimum atomic E-state index is -0.533. The molecule has 3 rings (SSSR count). The third-order valence-corrected chi connectivity index (χ3v) is 5.90. The molecular formula is C22H34F2N4O2. The molecule has 168 valence electrons. The van der Waals surface area contributed by atoms with Crippen molar-refractivity contribution >= 4 is 5.96 Å². The predicted molar refractivity (Wildman–Crippen MR) is 114 cm³/mol. The van der Waals surface area contributed by atoms with E-state index in [9.17, 15) is 8.78 Å². The van der Waals surface area contributed by atoms with E-state index in [1.54, 1.807) is 7.05 Å². The first-order valence-electron chi connectivity index (χ1n) is 10.8. The van der Waals surface area contributed by atoms with Gasteiger partial charge in [0.15, 0.2) is 5.96 Å². The van der Waals surface area contributed by atoms with E-state index in [2.05, 4.69) is 15.2 Å². The van der Waals surface area contributed by atoms with Crippen LogP contribution in [0.15, 0.2) is 23.2 Å². The number of piperidine rings is 1. The normalized spacial score (nSPS) is 22.0. The molecule has 2 saturated heterocycles. The third-order valence-electron chi connectivity index (χ3n) is 5.90. The summed E-state index contributed by atoms with van der Waals surface area (Å²) in [5.41, 5.74) is 0.0756. The first-order chi connectivity index (χ1) is 14.5. The molecule has 0 aromatic heterocycles. The van der Waals surface area contributed by atoms with Crippen molar-refractivity contribution in [1.82, 2.24) is 15.1 Å². The van der Waals surface area contributed by atoms with Crippen molar-refractivity contribution in [2.75, 3.05) is 54.0 Å². The van der Waals surface area contributed by atoms with Crippen molar-refractivity contribution in [3.63, 3.8) is 0 Å². The number of ether oxygens (including phenoxy) is 2. The molecule has 0 aliphatic carbocycles. The number of guanidine groups is 1. The van der Waals surface area contributed by atoms with Crippen molar-refractivity contribution in [3.05, 3.63) is 35.4 Å². The maximum Gasteiger partial charge on any atom is 0.193 e. The number of hydrogen-bond acceptors (Lipinski definition) is 4. The minimum absolute atomic E-state index is 0.0756. The minimum Gasteiger partial charge on any atom is -0.376 e. The Hall–Kier alpha value is -1.77. The van der Waals surface area contributed by atoms with Crippen molar-refractivity contribution < 1.29 is 18.3 Å². The van der Waals surface area contributed by atoms with Gasteiger partial charge in [-0.1, -0.05) is 6.07 Å². The zero-order chi connectivity index (χ0) is 21.5. The van der Waals surface area contributed by atoms with Crippen LogP contribution >= 0.6 is 0 Å². The average molecular weight is 425 g/mol. The van der Waals surface area contributed by atoms with Gasteiger partial charge in [-0.25, -0.2) is 8.78 Å². The van der Waals surface area contributed by atoms with Gasteiger partial charge in [-0.3, -0.25) is 4.99 Å². The summed E-state index contributed by atoms with van der Waals surface area (Å²) in [4.78, 5) is 8.37. The van der Waals surface area contributed by atoms with Gasteiger partial charge in [0.2, 0.25) is 0 Å². The quantitative estimate of drug-likeness (QED) is 0.539. The Morgan fingerprint density at radius 1 is 1.27 bits per heavy atom. The molecule has 0 spiro atoms. The van der Waals surface area contributed by atoms with Crippen LogP contribution in [0.2, 0.25) is 0 Å². The van der Waals surface area contributed by atoms with E-state index in [4.69, 9.17) is 9.47 Å². The Labute approximate surface area is 178 Å². The number of nitrogens with one attached hydrogen (secondary N) is 1. The molecule has 2 atom stereocenters. The maximum absolute atomic E-state index is 14.3. The molecule has 2 aliphatic heterocycles. The van der Waals surface area contributed by atoms with Crippen LogP contribution in [0, 0.1) is 11.6 Å². The highest BCUT2D eigenvalue weighted by Crippen LogP contribution is 2.24. The highest BCUT2D eigenvalue weighted by Gasteiger charge is 2.26. The molecule has 6 nitrogen and oxygen atoms in total. The van der Waals surface area contributed by atoms with E-state index < -0.39 is 17.7 Å². The van der Waals surface area contributed by atoms with Gasteiger partial charge in [0.05, 0.1) is 24.9 Å². The van der Waals surface area contributed by atoms with Crippen LogP contribution < -0.4 is 5.32 Å². The Kier molecular flexibility index (Phi) is 8.41. The zero-order valence-corrected chi connectivity index (χ0v) is 18.2. The summed E-state index contributed by atoms with van der Waals surface area (Å²) in [6.07, 6.45) is 4.55. The van der Waals surface area contributed by atoms with Gasteiger partial charge in [0.25, 0.3) is 0 Å². The number of hydrogen-bond donors (Lipinski definition) is 1. The molecule has 1 aromatic rings. The largest absolute Gasteiger partial charge is 0.376 e. The van der Waals surface area contributed by atoms with E-state index in [0.717, 1.165) is 51.3 Å². The number of rotatable bonds is 7. The SMILES string of the molecule is CN=C(NCC(c1c(F)cccc1F)N(C)C)N1CCC(OCC2CCCO2)CC1. The van der Waals surface area contributed by atoms with Crippen LogP contribution in [0.4, 0.5) is 8.78 Å². The predicted octanol–water partition coefficient (Wildman–Crippen LogP) is 2.80. The molecule has 2 unspecified atom stereocenters. The molecule has 2 aliphatic rings. The molecule has 0 bridgehead atoms. The molecule has 0 saturated carbocycles. The number of aliphatic imine (C=N–C) groups is 1. The Morgan fingerprint density at radius 2 is 1.97 bits per heavy atom. The molecule has 8 heteroatoms. The summed E-state index contributed by atoms with van der Waals surface area (Å²) in [5.74, 6) is -0.319. The van der Waals surface area contributed by atoms with Crippen molar-refractivity contribution in [2.24, 2.45) is 4.99 Å². The molecule has 2 heterocycles. The van der Waals surface area contributed by atoms with E-state index in [1.165, 1.54) is 18.2 Å². The fourth-order valence-corrected chi connectivity index (χ4v) is 4.15. The summed E-state index contributed by atoms with van der Waals surface area (Å²) < 4.78 is 40.2. The molecule has 30 heavy (non-hydrogen) atoms. The first-order valence-corrected chi connectivity index (χ1v) is 10.8. The zero-order valence-electron chi connectivity index (χ0n) is 18.2. The van der Waals surface area contributed by atoms with E-state index in [-0.39, 0.29) is 17.8 Å². The monoisotopic (exact) mass is 424 g/mol. The van der Waals surface area contributed by atoms with Gasteiger partial charge in [-0.2, -0.15) is 0 Å². The van der Waals surface area contributed by atoms with Crippen LogP contribution in [0.5, 0.6) is 0 Å². The second-order valence-electron chi connectivity index (χ2n) is 8.20. The summed E-state index contributed by atoms with van der Waals surface area (Å²) in [5, 5.41) is 3.31. The number of benzene rings is 1. The highest BCUT2D eigenvalue weighted by molar-refractivity contribution is 5.80. The summed E-state index contributed by atoms with van der Waals surface area (Å²) in [6.45, 7) is 3.54. The lowest BCUT2D eigenvalue weighted by molar-refractivity contribution is -0.0367. The van der Waals surface area contributed by atoms with Crippen LogP contribution in [0.1, 0.15) is 37.3 Å². The molecule has 1 N–H and O–H groups in total. The van der Waals surface area contributed by atoms with Crippen LogP contribution in [-0.4, -0.2) is 82.0 Å². The van der Waals surface area contributed by atoms with Crippen LogP contribution in [0.3, 0.4) is 0 Å². The highest BCUT2D eigenvalue weighted by atomic mass is 19.1. The van der Waals surface area contributed by atoms with Crippen LogP contribution in [-0.2, 0) is 9.47 Å². The summed E-state index contributed by atoms with van der Waals surface area (Å²) in [6, 6.07) is 3.53. The fourth-order valence-electron chi connectivity index (χ4n) is 4.15. The average Bonchev–Trinajstić information content (AvgIpc) is 3.25. The smallest absolute Gasteiger partial charge is 0.193 e. The van der Waals surface area contributed by atoms with Gasteiger partial charge in [-0.05, 0) is 51.9 Å². The topological polar surface area (TPSA) is 49.3 Å². The van der Waals surface area contributed by atoms with Crippen molar-refractivity contribution in [3.8, 4) is 0 Å². The number of nitrogens with zero attached hydrogens (tertiary/aromatic N) is 3. The molecule has 0 radical (unpaired) electrons. The number of likely N-dealkylation sites (tertiary alicyclic amines) is 1. The van der Waals surface area contributed by atoms with Crippen LogP contribution in [0.25, 0.3) is 0 Å². The fraction of sp³-hybridized carbons (Fsp3) is 0.682. The Morgan fingerprint density at radius 3 is 2.53 bits per heavy atom. The van der Waals surface area contributed by atoms with E-state index in [0.29, 0.717) is 13.2 Å².